The monoisotopic (exact) mass is 235 g/mol. The molecule has 83 valence electrons. The lowest BCUT2D eigenvalue weighted by Gasteiger charge is -2.12. The highest BCUT2D eigenvalue weighted by molar-refractivity contribution is 7.90. The average Bonchev–Trinajstić information content (AvgIpc) is 2.73. The summed E-state index contributed by atoms with van der Waals surface area (Å²) >= 11 is -0.996. The molecule has 0 aromatic heterocycles. The molecule has 1 N–H and O–H groups in total. The van der Waals surface area contributed by atoms with Crippen LogP contribution in [0, 0.1) is 6.92 Å². The summed E-state index contributed by atoms with van der Waals surface area (Å²) in [5, 5.41) is 14.3. The summed E-state index contributed by atoms with van der Waals surface area (Å²) in [7, 11) is 0. The maximum absolute atomic E-state index is 11.5. The zero-order valence-electron chi connectivity index (χ0n) is 8.97. The van der Waals surface area contributed by atoms with Gasteiger partial charge < -0.3 is 9.87 Å². The zero-order valence-corrected chi connectivity index (χ0v) is 9.78. The molecule has 1 aromatic rings. The lowest BCUT2D eigenvalue weighted by atomic mass is 10.2. The molecule has 1 heterocycles. The predicted molar refractivity (Wildman–Crippen MR) is 65.2 cm³/mol. The van der Waals surface area contributed by atoms with E-state index in [0.717, 1.165) is 16.1 Å². The van der Waals surface area contributed by atoms with Gasteiger partial charge in [0.05, 0.1) is 0 Å². The Morgan fingerprint density at radius 1 is 1.38 bits per heavy atom. The second-order valence-corrected chi connectivity index (χ2v) is 4.64. The summed E-state index contributed by atoms with van der Waals surface area (Å²) in [6.45, 7) is 1.91. The summed E-state index contributed by atoms with van der Waals surface area (Å²) in [5.74, 6) is 0.446. The summed E-state index contributed by atoms with van der Waals surface area (Å²) in [6.07, 6.45) is 3.03. The van der Waals surface area contributed by atoms with Crippen molar-refractivity contribution in [2.45, 2.75) is 11.8 Å². The van der Waals surface area contributed by atoms with E-state index in [0.29, 0.717) is 5.96 Å². The van der Waals surface area contributed by atoms with E-state index in [1.54, 1.807) is 6.26 Å². The smallest absolute Gasteiger partial charge is 0.248 e. The van der Waals surface area contributed by atoms with E-state index in [1.807, 2.05) is 25.1 Å². The number of hydrogen-bond acceptors (Lipinski definition) is 4. The Bertz CT molecular complexity index is 456. The van der Waals surface area contributed by atoms with Crippen LogP contribution < -0.4 is 10.6 Å². The first-order chi connectivity index (χ1) is 7.68. The van der Waals surface area contributed by atoms with Gasteiger partial charge in [-0.1, -0.05) is 6.07 Å². The summed E-state index contributed by atoms with van der Waals surface area (Å²) in [5.41, 5.74) is 1.79. The van der Waals surface area contributed by atoms with Crippen LogP contribution in [0.4, 0.5) is 5.69 Å². The van der Waals surface area contributed by atoms with Crippen LogP contribution in [0.15, 0.2) is 33.3 Å². The third-order valence-corrected chi connectivity index (χ3v) is 3.29. The minimum absolute atomic E-state index is 0.446. The molecule has 0 fully saturated rings. The molecule has 0 spiro atoms. The van der Waals surface area contributed by atoms with Crippen molar-refractivity contribution in [1.82, 2.24) is 5.32 Å². The fourth-order valence-corrected chi connectivity index (χ4v) is 2.24. The van der Waals surface area contributed by atoms with Crippen molar-refractivity contribution in [1.29, 1.82) is 0 Å². The first-order valence-electron chi connectivity index (χ1n) is 4.69. The molecule has 1 atom stereocenters. The molecule has 6 heteroatoms. The van der Waals surface area contributed by atoms with Gasteiger partial charge in [0.2, 0.25) is 5.96 Å². The maximum Gasteiger partial charge on any atom is 0.248 e. The molecular formula is C10H11N4OS. The molecule has 0 saturated heterocycles. The first-order valence-corrected chi connectivity index (χ1v) is 6.24. The fraction of sp³-hybridized carbons (Fsp3) is 0.200. The van der Waals surface area contributed by atoms with E-state index in [4.69, 9.17) is 0 Å². The van der Waals surface area contributed by atoms with E-state index in [9.17, 15) is 4.55 Å². The van der Waals surface area contributed by atoms with Gasteiger partial charge in [-0.05, 0) is 30.2 Å². The Morgan fingerprint density at radius 2 is 2.19 bits per heavy atom. The minimum atomic E-state index is -0.996. The summed E-state index contributed by atoms with van der Waals surface area (Å²) in [6, 6.07) is 5.59. The number of hydrogen-bond donors (Lipinski definition) is 1. The largest absolute Gasteiger partial charge is 0.612 e. The van der Waals surface area contributed by atoms with Crippen molar-refractivity contribution in [2.24, 2.45) is 10.2 Å². The molecule has 1 aliphatic rings. The van der Waals surface area contributed by atoms with E-state index < -0.39 is 11.2 Å². The van der Waals surface area contributed by atoms with Gasteiger partial charge >= 0.3 is 0 Å². The van der Waals surface area contributed by atoms with Crippen LogP contribution in [0.1, 0.15) is 5.56 Å². The number of guanidine groups is 1. The molecule has 0 saturated carbocycles. The molecular weight excluding hydrogens is 224 g/mol. The van der Waals surface area contributed by atoms with Gasteiger partial charge in [0.25, 0.3) is 0 Å². The van der Waals surface area contributed by atoms with Crippen LogP contribution in [0.2, 0.25) is 0 Å². The van der Waals surface area contributed by atoms with Crippen molar-refractivity contribution in [2.75, 3.05) is 11.6 Å². The standard InChI is InChI=1S/C10H11N4OS/c1-7-8(13-10-11-6-12-14-10)4-3-5-9(7)16(2)15/h3-6H,1-2H3,(H,13,14). The highest BCUT2D eigenvalue weighted by Gasteiger charge is 2.13. The molecule has 1 unspecified atom stereocenters. The predicted octanol–water partition coefficient (Wildman–Crippen LogP) is 1.06. The van der Waals surface area contributed by atoms with Crippen molar-refractivity contribution in [3.05, 3.63) is 23.8 Å². The maximum atomic E-state index is 11.5. The topological polar surface area (TPSA) is 73.9 Å². The first kappa shape index (κ1) is 11.0. The van der Waals surface area contributed by atoms with Crippen molar-refractivity contribution in [3.8, 4) is 0 Å². The number of nitrogens with one attached hydrogen (secondary N) is 1. The molecule has 0 aliphatic carbocycles. The molecule has 5 nitrogen and oxygen atoms in total. The Hall–Kier alpha value is -1.53. The number of nitrogens with zero attached hydrogens (tertiary/aromatic N) is 3. The lowest BCUT2D eigenvalue weighted by Crippen LogP contribution is -2.20. The van der Waals surface area contributed by atoms with Gasteiger partial charge in [-0.2, -0.15) is 5.32 Å². The number of anilines is 1. The molecule has 1 radical (unpaired) electrons. The van der Waals surface area contributed by atoms with Gasteiger partial charge in [-0.3, -0.25) is 0 Å². The molecule has 1 aromatic carbocycles. The Kier molecular flexibility index (Phi) is 3.12. The number of benzene rings is 1. The summed E-state index contributed by atoms with van der Waals surface area (Å²) < 4.78 is 11.5. The second-order valence-electron chi connectivity index (χ2n) is 3.29. The normalized spacial score (nSPS) is 15.6. The highest BCUT2D eigenvalue weighted by atomic mass is 32.2. The van der Waals surface area contributed by atoms with Gasteiger partial charge in [0.1, 0.15) is 12.6 Å². The highest BCUT2D eigenvalue weighted by Crippen LogP contribution is 2.22. The second kappa shape index (κ2) is 4.54. The van der Waals surface area contributed by atoms with Crippen molar-refractivity contribution >= 4 is 29.2 Å². The van der Waals surface area contributed by atoms with Crippen LogP contribution in [0.5, 0.6) is 0 Å². The Balaban J connectivity index is 2.24. The van der Waals surface area contributed by atoms with E-state index in [-0.39, 0.29) is 0 Å². The van der Waals surface area contributed by atoms with E-state index in [1.165, 1.54) is 6.34 Å². The third-order valence-electron chi connectivity index (χ3n) is 2.22. The summed E-state index contributed by atoms with van der Waals surface area (Å²) in [4.78, 5) is 0.810. The van der Waals surface area contributed by atoms with Crippen molar-refractivity contribution < 1.29 is 4.55 Å². The van der Waals surface area contributed by atoms with Gasteiger partial charge in [-0.25, -0.2) is 0 Å². The van der Waals surface area contributed by atoms with Gasteiger partial charge in [0, 0.05) is 11.3 Å². The van der Waals surface area contributed by atoms with Crippen molar-refractivity contribution in [3.63, 3.8) is 0 Å². The Labute approximate surface area is 96.8 Å². The van der Waals surface area contributed by atoms with E-state index >= 15 is 0 Å². The van der Waals surface area contributed by atoms with Gasteiger partial charge in [-0.15, -0.1) is 10.2 Å². The molecule has 2 rings (SSSR count). The van der Waals surface area contributed by atoms with Crippen LogP contribution in [-0.2, 0) is 11.2 Å². The van der Waals surface area contributed by atoms with Gasteiger partial charge in [0.15, 0.2) is 4.90 Å². The third kappa shape index (κ3) is 2.17. The lowest BCUT2D eigenvalue weighted by molar-refractivity contribution is 0.600. The van der Waals surface area contributed by atoms with Crippen LogP contribution >= 0.6 is 0 Å². The minimum Gasteiger partial charge on any atom is -0.612 e. The van der Waals surface area contributed by atoms with Crippen LogP contribution in [0.3, 0.4) is 0 Å². The van der Waals surface area contributed by atoms with Crippen LogP contribution in [-0.4, -0.2) is 23.1 Å². The SMILES string of the molecule is Cc1c(NC2=NN=C[N]2)cccc1[S+](C)[O-]. The Morgan fingerprint density at radius 3 is 2.81 bits per heavy atom. The molecule has 0 amide bonds. The fourth-order valence-electron chi connectivity index (χ4n) is 1.43. The molecule has 0 bridgehead atoms. The van der Waals surface area contributed by atoms with Crippen LogP contribution in [0.25, 0.3) is 0 Å². The average molecular weight is 235 g/mol. The molecule has 1 aliphatic heterocycles. The number of rotatable bonds is 2. The van der Waals surface area contributed by atoms with E-state index in [2.05, 4.69) is 20.8 Å². The zero-order chi connectivity index (χ0) is 11.5. The quantitative estimate of drug-likeness (QED) is 0.778. The molecule has 16 heavy (non-hydrogen) atoms.